The minimum absolute atomic E-state index is 0.226. The molecule has 0 aliphatic carbocycles. The van der Waals surface area contributed by atoms with Crippen molar-refractivity contribution in [2.45, 2.75) is 65.3 Å². The fourth-order valence-corrected chi connectivity index (χ4v) is 3.87. The highest BCUT2D eigenvalue weighted by molar-refractivity contribution is 5.88. The van der Waals surface area contributed by atoms with Crippen LogP contribution in [-0.2, 0) is 13.0 Å². The monoisotopic (exact) mass is 343 g/mol. The lowest BCUT2D eigenvalue weighted by Gasteiger charge is -2.22. The number of rotatable bonds is 6. The van der Waals surface area contributed by atoms with Gasteiger partial charge in [-0.2, -0.15) is 0 Å². The van der Waals surface area contributed by atoms with Crippen LogP contribution < -0.4 is 10.9 Å². The quantitative estimate of drug-likeness (QED) is 0.600. The molecule has 2 N–H and O–H groups in total. The van der Waals surface area contributed by atoms with Gasteiger partial charge in [0.1, 0.15) is 11.3 Å². The van der Waals surface area contributed by atoms with Crippen LogP contribution in [0.2, 0.25) is 0 Å². The van der Waals surface area contributed by atoms with Crippen LogP contribution in [0, 0.1) is 5.92 Å². The molecule has 0 bridgehead atoms. The summed E-state index contributed by atoms with van der Waals surface area (Å²) >= 11 is 0. The first-order chi connectivity index (χ1) is 12.0. The minimum atomic E-state index is -0.260. The van der Waals surface area contributed by atoms with Gasteiger partial charge >= 0.3 is 5.63 Å². The van der Waals surface area contributed by atoms with Crippen molar-refractivity contribution in [3.8, 4) is 5.75 Å². The molecule has 1 aliphatic heterocycles. The molecule has 2 atom stereocenters. The Balaban J connectivity index is 1.98. The molecule has 0 saturated heterocycles. The van der Waals surface area contributed by atoms with Gasteiger partial charge < -0.3 is 14.8 Å². The second-order valence-electron chi connectivity index (χ2n) is 7.45. The summed E-state index contributed by atoms with van der Waals surface area (Å²) < 4.78 is 5.57. The molecule has 0 spiro atoms. The van der Waals surface area contributed by atoms with Crippen LogP contribution in [-0.4, -0.2) is 11.7 Å². The molecule has 0 fully saturated rings. The average molecular weight is 343 g/mol. The first kappa shape index (κ1) is 18.0. The summed E-state index contributed by atoms with van der Waals surface area (Å²) in [5.74, 6) is 1.06. The van der Waals surface area contributed by atoms with Crippen molar-refractivity contribution < 1.29 is 9.52 Å². The highest BCUT2D eigenvalue weighted by atomic mass is 16.4. The highest BCUT2D eigenvalue weighted by Crippen LogP contribution is 2.36. The van der Waals surface area contributed by atoms with Gasteiger partial charge in [-0.25, -0.2) is 4.79 Å². The summed E-state index contributed by atoms with van der Waals surface area (Å²) in [5.41, 5.74) is 2.89. The molecular formula is C21H29NO3. The Morgan fingerprint density at radius 2 is 2.04 bits per heavy atom. The Bertz CT molecular complexity index is 809. The van der Waals surface area contributed by atoms with Gasteiger partial charge in [0.25, 0.3) is 0 Å². The van der Waals surface area contributed by atoms with Crippen LogP contribution in [0.15, 0.2) is 21.3 Å². The van der Waals surface area contributed by atoms with E-state index >= 15 is 0 Å². The average Bonchev–Trinajstić information content (AvgIpc) is 2.61. The van der Waals surface area contributed by atoms with Gasteiger partial charge in [-0.15, -0.1) is 0 Å². The molecule has 1 aromatic carbocycles. The third kappa shape index (κ3) is 3.59. The predicted molar refractivity (Wildman–Crippen MR) is 101 cm³/mol. The fourth-order valence-electron chi connectivity index (χ4n) is 3.87. The Kier molecular flexibility index (Phi) is 5.48. The molecule has 4 nitrogen and oxygen atoms in total. The van der Waals surface area contributed by atoms with Crippen molar-refractivity contribution in [2.75, 3.05) is 6.54 Å². The first-order valence-corrected chi connectivity index (χ1v) is 9.55. The van der Waals surface area contributed by atoms with E-state index in [1.807, 2.05) is 12.1 Å². The van der Waals surface area contributed by atoms with Crippen molar-refractivity contribution in [1.29, 1.82) is 0 Å². The third-order valence-electron chi connectivity index (χ3n) is 5.71. The Morgan fingerprint density at radius 3 is 2.80 bits per heavy atom. The second kappa shape index (κ2) is 7.61. The zero-order valence-electron chi connectivity index (χ0n) is 15.5. The van der Waals surface area contributed by atoms with Crippen LogP contribution in [0.3, 0.4) is 0 Å². The van der Waals surface area contributed by atoms with Crippen LogP contribution in [0.1, 0.15) is 69.1 Å². The van der Waals surface area contributed by atoms with Crippen LogP contribution in [0.5, 0.6) is 5.75 Å². The number of fused-ring (bicyclic) bond motifs is 3. The van der Waals surface area contributed by atoms with Crippen molar-refractivity contribution in [3.05, 3.63) is 39.2 Å². The van der Waals surface area contributed by atoms with Crippen LogP contribution >= 0.6 is 0 Å². The maximum atomic E-state index is 12.3. The zero-order valence-corrected chi connectivity index (χ0v) is 15.5. The number of hydrogen-bond acceptors (Lipinski definition) is 4. The molecule has 2 unspecified atom stereocenters. The Labute approximate surface area is 149 Å². The molecular weight excluding hydrogens is 314 g/mol. The number of phenolic OH excluding ortho intramolecular Hbond substituents is 1. The summed E-state index contributed by atoms with van der Waals surface area (Å²) in [5, 5.41) is 14.6. The lowest BCUT2D eigenvalue weighted by molar-refractivity contribution is 0.427. The summed E-state index contributed by atoms with van der Waals surface area (Å²) in [6.45, 7) is 8.04. The van der Waals surface area contributed by atoms with Gasteiger partial charge in [0.15, 0.2) is 0 Å². The van der Waals surface area contributed by atoms with Gasteiger partial charge in [0, 0.05) is 12.1 Å². The summed E-state index contributed by atoms with van der Waals surface area (Å²) in [4.78, 5) is 12.3. The first-order valence-electron chi connectivity index (χ1n) is 9.55. The van der Waals surface area contributed by atoms with E-state index in [2.05, 4.69) is 26.1 Å². The lowest BCUT2D eigenvalue weighted by atomic mass is 9.84. The van der Waals surface area contributed by atoms with E-state index in [0.29, 0.717) is 41.3 Å². The highest BCUT2D eigenvalue weighted by Gasteiger charge is 2.22. The smallest absolute Gasteiger partial charge is 0.339 e. The van der Waals surface area contributed by atoms with E-state index in [0.717, 1.165) is 17.7 Å². The molecule has 0 saturated carbocycles. The molecule has 1 aromatic heterocycles. The topological polar surface area (TPSA) is 62.5 Å². The number of unbranched alkanes of at least 4 members (excludes halogenated alkanes) is 2. The van der Waals surface area contributed by atoms with Gasteiger partial charge in [0.2, 0.25) is 0 Å². The van der Waals surface area contributed by atoms with E-state index in [1.165, 1.54) is 25.7 Å². The van der Waals surface area contributed by atoms with Crippen molar-refractivity contribution in [3.63, 3.8) is 0 Å². The van der Waals surface area contributed by atoms with E-state index in [-0.39, 0.29) is 11.4 Å². The van der Waals surface area contributed by atoms with Crippen molar-refractivity contribution >= 4 is 11.0 Å². The molecule has 4 heteroatoms. The third-order valence-corrected chi connectivity index (χ3v) is 5.71. The van der Waals surface area contributed by atoms with Crippen LogP contribution in [0.4, 0.5) is 0 Å². The lowest BCUT2D eigenvalue weighted by Crippen LogP contribution is -2.28. The number of aromatic hydroxyl groups is 1. The normalized spacial score (nSPS) is 16.6. The van der Waals surface area contributed by atoms with Gasteiger partial charge in [0.05, 0.1) is 5.39 Å². The maximum Gasteiger partial charge on any atom is 0.339 e. The fraction of sp³-hybridized carbons (Fsp3) is 0.571. The molecule has 136 valence electrons. The zero-order chi connectivity index (χ0) is 18.0. The molecule has 0 amide bonds. The Hall–Kier alpha value is -1.81. The number of hydrogen-bond donors (Lipinski definition) is 2. The number of nitrogens with one attached hydrogen (secondary N) is 1. The summed E-state index contributed by atoms with van der Waals surface area (Å²) in [7, 11) is 0. The van der Waals surface area contributed by atoms with E-state index in [9.17, 15) is 9.90 Å². The molecule has 25 heavy (non-hydrogen) atoms. The second-order valence-corrected chi connectivity index (χ2v) is 7.45. The molecule has 2 aromatic rings. The van der Waals surface area contributed by atoms with E-state index in [4.69, 9.17) is 4.42 Å². The standard InChI is InChI=1S/C21H29NO3/c1-4-5-6-7-13(2)14(3)15-10-18(23)20-17-12-22-9-8-16(17)21(24)25-19(20)11-15/h10-11,13-14,22-23H,4-9,12H2,1-3H3. The van der Waals surface area contributed by atoms with Crippen molar-refractivity contribution in [1.82, 2.24) is 5.32 Å². The number of phenols is 1. The predicted octanol–water partition coefficient (Wildman–Crippen LogP) is 4.46. The van der Waals surface area contributed by atoms with Gasteiger partial charge in [-0.3, -0.25) is 0 Å². The summed E-state index contributed by atoms with van der Waals surface area (Å²) in [6, 6.07) is 3.81. The largest absolute Gasteiger partial charge is 0.507 e. The Morgan fingerprint density at radius 1 is 1.24 bits per heavy atom. The molecule has 3 rings (SSSR count). The molecule has 0 radical (unpaired) electrons. The van der Waals surface area contributed by atoms with Gasteiger partial charge in [-0.05, 0) is 48.1 Å². The van der Waals surface area contributed by atoms with Crippen molar-refractivity contribution in [2.24, 2.45) is 5.92 Å². The van der Waals surface area contributed by atoms with Gasteiger partial charge in [-0.1, -0.05) is 46.5 Å². The maximum absolute atomic E-state index is 12.3. The molecule has 1 aliphatic rings. The van der Waals surface area contributed by atoms with E-state index in [1.54, 1.807) is 0 Å². The molecule has 2 heterocycles. The minimum Gasteiger partial charge on any atom is -0.507 e. The summed E-state index contributed by atoms with van der Waals surface area (Å²) in [6.07, 6.45) is 5.54. The van der Waals surface area contributed by atoms with E-state index < -0.39 is 0 Å². The van der Waals surface area contributed by atoms with Crippen LogP contribution in [0.25, 0.3) is 11.0 Å². The number of benzene rings is 1. The SMILES string of the molecule is CCCCCC(C)C(C)c1cc(O)c2c3c(c(=O)oc2c1)CCNC3.